The van der Waals surface area contributed by atoms with Crippen LogP contribution in [0.4, 0.5) is 0 Å². The van der Waals surface area contributed by atoms with Crippen molar-refractivity contribution in [1.29, 1.82) is 0 Å². The van der Waals surface area contributed by atoms with Gasteiger partial charge in [-0.15, -0.1) is 0 Å². The highest BCUT2D eigenvalue weighted by Gasteiger charge is 2.13. The van der Waals surface area contributed by atoms with Crippen molar-refractivity contribution in [2.45, 2.75) is 26.7 Å². The van der Waals surface area contributed by atoms with E-state index in [0.29, 0.717) is 13.1 Å². The Morgan fingerprint density at radius 1 is 1.50 bits per heavy atom. The van der Waals surface area contributed by atoms with E-state index in [2.05, 4.69) is 11.8 Å². The Balaban J connectivity index is 3.87. The standard InChI is InChI=1S/C10H22N2O2/c1-3-4-5-12(6-7-13)8-9(2)10(11)14/h9,13H,3-8H2,1-2H3,(H2,11,14). The molecule has 0 rings (SSSR count). The topological polar surface area (TPSA) is 66.6 Å². The Morgan fingerprint density at radius 3 is 2.57 bits per heavy atom. The van der Waals surface area contributed by atoms with E-state index >= 15 is 0 Å². The maximum absolute atomic E-state index is 10.8. The second-order valence-corrected chi connectivity index (χ2v) is 3.68. The van der Waals surface area contributed by atoms with E-state index in [9.17, 15) is 4.79 Å². The molecule has 0 aliphatic carbocycles. The number of nitrogens with zero attached hydrogens (tertiary/aromatic N) is 1. The Hall–Kier alpha value is -0.610. The predicted octanol–water partition coefficient (Wildman–Crippen LogP) is 0.202. The summed E-state index contributed by atoms with van der Waals surface area (Å²) in [5.41, 5.74) is 5.18. The zero-order valence-electron chi connectivity index (χ0n) is 9.20. The van der Waals surface area contributed by atoms with Crippen molar-refractivity contribution in [3.8, 4) is 0 Å². The molecule has 0 aliphatic heterocycles. The van der Waals surface area contributed by atoms with Crippen LogP contribution < -0.4 is 5.73 Å². The van der Waals surface area contributed by atoms with Crippen LogP contribution in [0.15, 0.2) is 0 Å². The maximum atomic E-state index is 10.8. The number of primary amides is 1. The Morgan fingerprint density at radius 2 is 2.14 bits per heavy atom. The lowest BCUT2D eigenvalue weighted by molar-refractivity contribution is -0.121. The first kappa shape index (κ1) is 13.4. The van der Waals surface area contributed by atoms with E-state index < -0.39 is 0 Å². The molecule has 0 aromatic rings. The second kappa shape index (κ2) is 7.76. The van der Waals surface area contributed by atoms with Crippen molar-refractivity contribution in [3.63, 3.8) is 0 Å². The molecule has 0 fully saturated rings. The molecule has 84 valence electrons. The lowest BCUT2D eigenvalue weighted by Crippen LogP contribution is -2.37. The molecule has 0 saturated carbocycles. The molecule has 0 aromatic heterocycles. The molecule has 4 nitrogen and oxygen atoms in total. The zero-order chi connectivity index (χ0) is 11.0. The summed E-state index contributed by atoms with van der Waals surface area (Å²) in [6.07, 6.45) is 2.21. The van der Waals surface area contributed by atoms with Gasteiger partial charge in [0.05, 0.1) is 6.61 Å². The number of aliphatic hydroxyl groups excluding tert-OH is 1. The number of carbonyl (C=O) groups is 1. The number of nitrogens with two attached hydrogens (primary N) is 1. The lowest BCUT2D eigenvalue weighted by atomic mass is 10.1. The third kappa shape index (κ3) is 5.94. The van der Waals surface area contributed by atoms with Crippen molar-refractivity contribution in [1.82, 2.24) is 4.90 Å². The molecule has 1 unspecified atom stereocenters. The number of amides is 1. The molecule has 4 heteroatoms. The van der Waals surface area contributed by atoms with Gasteiger partial charge < -0.3 is 15.7 Å². The summed E-state index contributed by atoms with van der Waals surface area (Å²) in [5, 5.41) is 8.83. The van der Waals surface area contributed by atoms with E-state index in [1.807, 2.05) is 6.92 Å². The smallest absolute Gasteiger partial charge is 0.221 e. The summed E-state index contributed by atoms with van der Waals surface area (Å²) < 4.78 is 0. The Bertz CT molecular complexity index is 162. The molecular formula is C10H22N2O2. The quantitative estimate of drug-likeness (QED) is 0.591. The molecule has 0 aromatic carbocycles. The molecule has 0 saturated heterocycles. The van der Waals surface area contributed by atoms with E-state index in [-0.39, 0.29) is 18.4 Å². The third-order valence-corrected chi connectivity index (χ3v) is 2.26. The van der Waals surface area contributed by atoms with E-state index in [1.54, 1.807) is 0 Å². The van der Waals surface area contributed by atoms with Gasteiger partial charge in [-0.25, -0.2) is 0 Å². The van der Waals surface area contributed by atoms with E-state index in [1.165, 1.54) is 0 Å². The van der Waals surface area contributed by atoms with Gasteiger partial charge in [-0.1, -0.05) is 20.3 Å². The fourth-order valence-corrected chi connectivity index (χ4v) is 1.29. The molecule has 1 atom stereocenters. The highest BCUT2D eigenvalue weighted by molar-refractivity contribution is 5.76. The molecular weight excluding hydrogens is 180 g/mol. The third-order valence-electron chi connectivity index (χ3n) is 2.26. The first-order valence-electron chi connectivity index (χ1n) is 5.24. The molecule has 0 spiro atoms. The zero-order valence-corrected chi connectivity index (χ0v) is 9.20. The number of aliphatic hydroxyl groups is 1. The van der Waals surface area contributed by atoms with Crippen LogP contribution in [0.3, 0.4) is 0 Å². The van der Waals surface area contributed by atoms with Crippen LogP contribution in [-0.2, 0) is 4.79 Å². The fraction of sp³-hybridized carbons (Fsp3) is 0.900. The van der Waals surface area contributed by atoms with Crippen LogP contribution in [0, 0.1) is 5.92 Å². The van der Waals surface area contributed by atoms with Crippen LogP contribution >= 0.6 is 0 Å². The highest BCUT2D eigenvalue weighted by Crippen LogP contribution is 2.01. The van der Waals surface area contributed by atoms with E-state index in [4.69, 9.17) is 10.8 Å². The monoisotopic (exact) mass is 202 g/mol. The van der Waals surface area contributed by atoms with Crippen LogP contribution in [0.2, 0.25) is 0 Å². The first-order chi connectivity index (χ1) is 6.61. The number of unbranched alkanes of at least 4 members (excludes halogenated alkanes) is 1. The largest absolute Gasteiger partial charge is 0.395 e. The summed E-state index contributed by atoms with van der Waals surface area (Å²) in [7, 11) is 0. The summed E-state index contributed by atoms with van der Waals surface area (Å²) >= 11 is 0. The van der Waals surface area contributed by atoms with Gasteiger partial charge in [0.25, 0.3) is 0 Å². The summed E-state index contributed by atoms with van der Waals surface area (Å²) in [6.45, 7) is 6.27. The maximum Gasteiger partial charge on any atom is 0.221 e. The van der Waals surface area contributed by atoms with E-state index in [0.717, 1.165) is 19.4 Å². The van der Waals surface area contributed by atoms with Gasteiger partial charge >= 0.3 is 0 Å². The molecule has 14 heavy (non-hydrogen) atoms. The van der Waals surface area contributed by atoms with Gasteiger partial charge in [0, 0.05) is 19.0 Å². The molecule has 0 bridgehead atoms. The van der Waals surface area contributed by atoms with Gasteiger partial charge in [0.15, 0.2) is 0 Å². The molecule has 3 N–H and O–H groups in total. The Labute approximate surface area is 86.1 Å². The minimum absolute atomic E-state index is 0.134. The number of hydrogen-bond donors (Lipinski definition) is 2. The summed E-state index contributed by atoms with van der Waals surface area (Å²) in [6, 6.07) is 0. The molecule has 0 radical (unpaired) electrons. The lowest BCUT2D eigenvalue weighted by Gasteiger charge is -2.23. The average molecular weight is 202 g/mol. The number of rotatable bonds is 8. The fourth-order valence-electron chi connectivity index (χ4n) is 1.29. The SMILES string of the molecule is CCCCN(CCO)CC(C)C(N)=O. The first-order valence-corrected chi connectivity index (χ1v) is 5.24. The molecule has 1 amide bonds. The second-order valence-electron chi connectivity index (χ2n) is 3.68. The van der Waals surface area contributed by atoms with Crippen molar-refractivity contribution in [2.24, 2.45) is 11.7 Å². The normalized spacial score (nSPS) is 13.1. The minimum Gasteiger partial charge on any atom is -0.395 e. The van der Waals surface area contributed by atoms with Crippen molar-refractivity contribution in [2.75, 3.05) is 26.2 Å². The average Bonchev–Trinajstić information content (AvgIpc) is 2.14. The van der Waals surface area contributed by atoms with Crippen molar-refractivity contribution >= 4 is 5.91 Å². The van der Waals surface area contributed by atoms with Gasteiger partial charge in [-0.2, -0.15) is 0 Å². The van der Waals surface area contributed by atoms with Crippen LogP contribution in [0.25, 0.3) is 0 Å². The van der Waals surface area contributed by atoms with Gasteiger partial charge in [-0.3, -0.25) is 4.79 Å². The van der Waals surface area contributed by atoms with Gasteiger partial charge in [0.1, 0.15) is 0 Å². The minimum atomic E-state index is -0.274. The molecule has 0 heterocycles. The van der Waals surface area contributed by atoms with Crippen molar-refractivity contribution < 1.29 is 9.90 Å². The summed E-state index contributed by atoms with van der Waals surface area (Å²) in [4.78, 5) is 12.9. The summed E-state index contributed by atoms with van der Waals surface area (Å²) in [5.74, 6) is -0.414. The number of hydrogen-bond acceptors (Lipinski definition) is 3. The predicted molar refractivity (Wildman–Crippen MR) is 56.8 cm³/mol. The van der Waals surface area contributed by atoms with Gasteiger partial charge in [-0.05, 0) is 13.0 Å². The number of carbonyl (C=O) groups excluding carboxylic acids is 1. The van der Waals surface area contributed by atoms with Gasteiger partial charge in [0.2, 0.25) is 5.91 Å². The van der Waals surface area contributed by atoms with Crippen LogP contribution in [0.1, 0.15) is 26.7 Å². The highest BCUT2D eigenvalue weighted by atomic mass is 16.3. The van der Waals surface area contributed by atoms with Crippen molar-refractivity contribution in [3.05, 3.63) is 0 Å². The van der Waals surface area contributed by atoms with Crippen LogP contribution in [0.5, 0.6) is 0 Å². The Kier molecular flexibility index (Phi) is 7.42. The molecule has 0 aliphatic rings. The van der Waals surface area contributed by atoms with Crippen LogP contribution in [-0.4, -0.2) is 42.2 Å².